The molecule has 0 unspecified atom stereocenters. The highest BCUT2D eigenvalue weighted by molar-refractivity contribution is 7.10. The molecule has 1 N–H and O–H groups in total. The van der Waals surface area contributed by atoms with Crippen LogP contribution in [0.1, 0.15) is 23.8 Å². The molecule has 14 heavy (non-hydrogen) atoms. The highest BCUT2D eigenvalue weighted by atomic mass is 32.1. The maximum absolute atomic E-state index is 10.7. The zero-order valence-corrected chi connectivity index (χ0v) is 9.62. The first kappa shape index (κ1) is 11.4. The number of carbonyl (C=O) groups is 1. The van der Waals surface area contributed by atoms with E-state index in [-0.39, 0.29) is 5.78 Å². The minimum absolute atomic E-state index is 0.254. The highest BCUT2D eigenvalue weighted by Crippen LogP contribution is 2.15. The summed E-state index contributed by atoms with van der Waals surface area (Å²) in [6.07, 6.45) is 1.71. The normalized spacial score (nSPS) is 10.4. The van der Waals surface area contributed by atoms with Gasteiger partial charge in [0.25, 0.3) is 0 Å². The average Bonchev–Trinajstić information content (AvgIpc) is 2.51. The predicted octanol–water partition coefficient (Wildman–Crippen LogP) is 2.17. The fraction of sp³-hybridized carbons (Fsp3) is 0.545. The van der Waals surface area contributed by atoms with Gasteiger partial charge in [0.05, 0.1) is 0 Å². The summed E-state index contributed by atoms with van der Waals surface area (Å²) in [6.45, 7) is 5.54. The van der Waals surface area contributed by atoms with Gasteiger partial charge >= 0.3 is 0 Å². The van der Waals surface area contributed by atoms with Crippen molar-refractivity contribution < 1.29 is 4.79 Å². The van der Waals surface area contributed by atoms with Crippen molar-refractivity contribution in [2.75, 3.05) is 13.1 Å². The fourth-order valence-corrected chi connectivity index (χ4v) is 2.16. The lowest BCUT2D eigenvalue weighted by Gasteiger charge is -2.02. The first-order valence-electron chi connectivity index (χ1n) is 4.93. The maximum Gasteiger partial charge on any atom is 0.131 e. The van der Waals surface area contributed by atoms with Crippen LogP contribution in [0.5, 0.6) is 0 Å². The Hall–Kier alpha value is -0.670. The van der Waals surface area contributed by atoms with Crippen LogP contribution in [0.3, 0.4) is 0 Å². The van der Waals surface area contributed by atoms with Crippen molar-refractivity contribution in [1.82, 2.24) is 5.32 Å². The van der Waals surface area contributed by atoms with Gasteiger partial charge in [-0.2, -0.15) is 0 Å². The summed E-state index contributed by atoms with van der Waals surface area (Å²) >= 11 is 1.81. The summed E-state index contributed by atoms with van der Waals surface area (Å²) in [5, 5.41) is 5.39. The van der Waals surface area contributed by atoms with E-state index in [4.69, 9.17) is 0 Å². The van der Waals surface area contributed by atoms with Gasteiger partial charge in [-0.1, -0.05) is 0 Å². The predicted molar refractivity (Wildman–Crippen MR) is 60.9 cm³/mol. The Bertz CT molecular complexity index is 293. The first-order valence-corrected chi connectivity index (χ1v) is 5.81. The van der Waals surface area contributed by atoms with Gasteiger partial charge in [-0.3, -0.25) is 4.79 Å². The van der Waals surface area contributed by atoms with E-state index in [2.05, 4.69) is 23.7 Å². The van der Waals surface area contributed by atoms with Crippen LogP contribution in [0.4, 0.5) is 0 Å². The second-order valence-corrected chi connectivity index (χ2v) is 4.48. The van der Waals surface area contributed by atoms with Crippen molar-refractivity contribution in [1.29, 1.82) is 0 Å². The Morgan fingerprint density at radius 2 is 2.29 bits per heavy atom. The lowest BCUT2D eigenvalue weighted by molar-refractivity contribution is -0.116. The number of thiophene rings is 1. The molecule has 1 aromatic heterocycles. The largest absolute Gasteiger partial charge is 0.316 e. The molecule has 0 atom stereocenters. The van der Waals surface area contributed by atoms with Gasteiger partial charge in [-0.05, 0) is 43.8 Å². The van der Waals surface area contributed by atoms with Gasteiger partial charge in [-0.15, -0.1) is 11.3 Å². The van der Waals surface area contributed by atoms with Crippen LogP contribution in [0.2, 0.25) is 0 Å². The Morgan fingerprint density at radius 1 is 1.50 bits per heavy atom. The molecule has 0 aliphatic carbocycles. The van der Waals surface area contributed by atoms with Crippen molar-refractivity contribution in [3.63, 3.8) is 0 Å². The molecular formula is C11H17NOS. The number of ketones is 1. The van der Waals surface area contributed by atoms with Gasteiger partial charge in [-0.25, -0.2) is 0 Å². The Labute approximate surface area is 89.3 Å². The van der Waals surface area contributed by atoms with E-state index in [1.165, 1.54) is 10.4 Å². The Morgan fingerprint density at radius 3 is 2.86 bits per heavy atom. The summed E-state index contributed by atoms with van der Waals surface area (Å²) in [7, 11) is 0. The summed E-state index contributed by atoms with van der Waals surface area (Å²) in [5.74, 6) is 0.254. The SMILES string of the molecule is CC(=O)CCNCCc1sccc1C. The van der Waals surface area contributed by atoms with Crippen LogP contribution in [0.15, 0.2) is 11.4 Å². The minimum atomic E-state index is 0.254. The molecule has 0 saturated carbocycles. The van der Waals surface area contributed by atoms with E-state index in [1.54, 1.807) is 18.3 Å². The number of hydrogen-bond donors (Lipinski definition) is 1. The number of aryl methyl sites for hydroxylation is 1. The molecule has 0 spiro atoms. The molecule has 1 heterocycles. The van der Waals surface area contributed by atoms with Gasteiger partial charge in [0.15, 0.2) is 0 Å². The van der Waals surface area contributed by atoms with Gasteiger partial charge in [0, 0.05) is 17.8 Å². The van der Waals surface area contributed by atoms with E-state index in [1.807, 2.05) is 0 Å². The third-order valence-corrected chi connectivity index (χ3v) is 3.23. The standard InChI is InChI=1S/C11H17NOS/c1-9-5-8-14-11(9)4-7-12-6-3-10(2)13/h5,8,12H,3-4,6-7H2,1-2H3. The molecule has 1 aromatic rings. The van der Waals surface area contributed by atoms with E-state index in [0.29, 0.717) is 6.42 Å². The van der Waals surface area contributed by atoms with Gasteiger partial charge < -0.3 is 5.32 Å². The quantitative estimate of drug-likeness (QED) is 0.731. The van der Waals surface area contributed by atoms with Gasteiger partial charge in [0.2, 0.25) is 0 Å². The smallest absolute Gasteiger partial charge is 0.131 e. The van der Waals surface area contributed by atoms with Crippen molar-refractivity contribution in [2.45, 2.75) is 26.7 Å². The summed E-state index contributed by atoms with van der Waals surface area (Å²) in [6, 6.07) is 2.15. The van der Waals surface area contributed by atoms with E-state index < -0.39 is 0 Å². The average molecular weight is 211 g/mol. The Balaban J connectivity index is 2.10. The van der Waals surface area contributed by atoms with Crippen LogP contribution in [-0.2, 0) is 11.2 Å². The second-order valence-electron chi connectivity index (χ2n) is 3.48. The minimum Gasteiger partial charge on any atom is -0.316 e. The van der Waals surface area contributed by atoms with Crippen molar-refractivity contribution in [3.05, 3.63) is 21.9 Å². The lowest BCUT2D eigenvalue weighted by atomic mass is 10.2. The van der Waals surface area contributed by atoms with Crippen LogP contribution >= 0.6 is 11.3 Å². The molecule has 3 heteroatoms. The molecule has 0 amide bonds. The molecular weight excluding hydrogens is 194 g/mol. The summed E-state index contributed by atoms with van der Waals surface area (Å²) < 4.78 is 0. The molecule has 0 aliphatic heterocycles. The zero-order chi connectivity index (χ0) is 10.4. The van der Waals surface area contributed by atoms with Crippen molar-refractivity contribution in [2.24, 2.45) is 0 Å². The number of hydrogen-bond acceptors (Lipinski definition) is 3. The third kappa shape index (κ3) is 4.03. The monoisotopic (exact) mass is 211 g/mol. The molecule has 0 aromatic carbocycles. The second kappa shape index (κ2) is 5.94. The third-order valence-electron chi connectivity index (χ3n) is 2.15. The van der Waals surface area contributed by atoms with Crippen LogP contribution in [-0.4, -0.2) is 18.9 Å². The number of carbonyl (C=O) groups excluding carboxylic acids is 1. The summed E-state index contributed by atoms with van der Waals surface area (Å²) in [5.41, 5.74) is 1.38. The molecule has 0 radical (unpaired) electrons. The molecule has 0 saturated heterocycles. The lowest BCUT2D eigenvalue weighted by Crippen LogP contribution is -2.20. The molecule has 0 fully saturated rings. The van der Waals surface area contributed by atoms with E-state index in [0.717, 1.165) is 19.5 Å². The fourth-order valence-electron chi connectivity index (χ4n) is 1.25. The van der Waals surface area contributed by atoms with Gasteiger partial charge in [0.1, 0.15) is 5.78 Å². The summed E-state index contributed by atoms with van der Waals surface area (Å²) in [4.78, 5) is 12.1. The highest BCUT2D eigenvalue weighted by Gasteiger charge is 1.98. The Kier molecular flexibility index (Phi) is 4.84. The number of Topliss-reactive ketones (excluding diaryl/α,β-unsaturated/α-hetero) is 1. The molecule has 2 nitrogen and oxygen atoms in total. The van der Waals surface area contributed by atoms with Crippen LogP contribution < -0.4 is 5.32 Å². The number of rotatable bonds is 6. The molecule has 78 valence electrons. The topological polar surface area (TPSA) is 29.1 Å². The first-order chi connectivity index (χ1) is 6.70. The zero-order valence-electron chi connectivity index (χ0n) is 8.80. The molecule has 1 rings (SSSR count). The molecule has 0 bridgehead atoms. The van der Waals surface area contributed by atoms with Crippen LogP contribution in [0.25, 0.3) is 0 Å². The van der Waals surface area contributed by atoms with E-state index in [9.17, 15) is 4.79 Å². The van der Waals surface area contributed by atoms with Crippen molar-refractivity contribution >= 4 is 17.1 Å². The maximum atomic E-state index is 10.7. The number of nitrogens with one attached hydrogen (secondary N) is 1. The molecule has 0 aliphatic rings. The van der Waals surface area contributed by atoms with Crippen LogP contribution in [0, 0.1) is 6.92 Å². The van der Waals surface area contributed by atoms with Crippen molar-refractivity contribution in [3.8, 4) is 0 Å². The van der Waals surface area contributed by atoms with E-state index >= 15 is 0 Å².